The van der Waals surface area contributed by atoms with Gasteiger partial charge in [0.1, 0.15) is 0 Å². The van der Waals surface area contributed by atoms with Gasteiger partial charge >= 0.3 is 6.03 Å². The molecule has 0 spiro atoms. The molecule has 0 unspecified atom stereocenters. The van der Waals surface area contributed by atoms with Crippen LogP contribution in [0.4, 0.5) is 21.9 Å². The summed E-state index contributed by atoms with van der Waals surface area (Å²) >= 11 is 5.95. The second kappa shape index (κ2) is 10.4. The van der Waals surface area contributed by atoms with Gasteiger partial charge in [-0.3, -0.25) is 4.79 Å². The molecule has 7 heteroatoms. The van der Waals surface area contributed by atoms with E-state index in [0.717, 1.165) is 24.3 Å². The number of amides is 3. The molecule has 0 radical (unpaired) electrons. The zero-order valence-electron chi connectivity index (χ0n) is 18.6. The van der Waals surface area contributed by atoms with Gasteiger partial charge in [0.25, 0.3) is 0 Å². The van der Waals surface area contributed by atoms with Crippen molar-refractivity contribution in [1.82, 2.24) is 4.90 Å². The first kappa shape index (κ1) is 22.7. The van der Waals surface area contributed by atoms with Crippen molar-refractivity contribution in [3.8, 4) is 0 Å². The van der Waals surface area contributed by atoms with Crippen LogP contribution in [0.15, 0.2) is 72.8 Å². The molecule has 4 rings (SSSR count). The highest BCUT2D eigenvalue weighted by Crippen LogP contribution is 2.21. The number of nitrogens with one attached hydrogen (secondary N) is 2. The molecule has 0 atom stereocenters. The summed E-state index contributed by atoms with van der Waals surface area (Å²) in [5.74, 6) is 0.172. The van der Waals surface area contributed by atoms with Gasteiger partial charge in [0, 0.05) is 48.3 Å². The van der Waals surface area contributed by atoms with Crippen LogP contribution in [0, 0.1) is 6.92 Å². The molecule has 3 aromatic rings. The van der Waals surface area contributed by atoms with Crippen molar-refractivity contribution in [3.63, 3.8) is 0 Å². The van der Waals surface area contributed by atoms with Crippen molar-refractivity contribution in [2.24, 2.45) is 0 Å². The van der Waals surface area contributed by atoms with Gasteiger partial charge in [-0.2, -0.15) is 0 Å². The van der Waals surface area contributed by atoms with Crippen LogP contribution in [0.2, 0.25) is 5.02 Å². The average Bonchev–Trinajstić information content (AvgIpc) is 2.80. The van der Waals surface area contributed by atoms with E-state index in [4.69, 9.17) is 11.6 Å². The molecule has 33 heavy (non-hydrogen) atoms. The summed E-state index contributed by atoms with van der Waals surface area (Å²) < 4.78 is 0. The number of carbonyl (C=O) groups excluding carboxylic acids is 2. The van der Waals surface area contributed by atoms with Crippen LogP contribution in [0.5, 0.6) is 0 Å². The third-order valence-corrected chi connectivity index (χ3v) is 5.88. The van der Waals surface area contributed by atoms with E-state index < -0.39 is 0 Å². The lowest BCUT2D eigenvalue weighted by Gasteiger charge is -2.36. The molecule has 0 saturated carbocycles. The van der Waals surface area contributed by atoms with Crippen molar-refractivity contribution >= 4 is 40.6 Å². The zero-order chi connectivity index (χ0) is 23.2. The van der Waals surface area contributed by atoms with Crippen molar-refractivity contribution in [2.75, 3.05) is 41.7 Å². The topological polar surface area (TPSA) is 64.7 Å². The van der Waals surface area contributed by atoms with Crippen molar-refractivity contribution in [3.05, 3.63) is 88.9 Å². The van der Waals surface area contributed by atoms with Crippen LogP contribution in [0.3, 0.4) is 0 Å². The lowest BCUT2D eigenvalue weighted by atomic mass is 10.1. The number of rotatable bonds is 5. The maximum atomic E-state index is 12.7. The number of piperazine rings is 1. The van der Waals surface area contributed by atoms with E-state index in [2.05, 4.69) is 21.6 Å². The molecule has 1 aliphatic heterocycles. The highest BCUT2D eigenvalue weighted by molar-refractivity contribution is 6.30. The van der Waals surface area contributed by atoms with Crippen LogP contribution in [-0.4, -0.2) is 43.0 Å². The maximum Gasteiger partial charge on any atom is 0.323 e. The average molecular weight is 463 g/mol. The third kappa shape index (κ3) is 6.26. The van der Waals surface area contributed by atoms with Crippen molar-refractivity contribution < 1.29 is 9.59 Å². The molecule has 170 valence electrons. The Morgan fingerprint density at radius 1 is 0.848 bits per heavy atom. The molecule has 1 heterocycles. The Balaban J connectivity index is 1.26. The minimum Gasteiger partial charge on any atom is -0.368 e. The summed E-state index contributed by atoms with van der Waals surface area (Å²) in [4.78, 5) is 29.1. The largest absolute Gasteiger partial charge is 0.368 e. The van der Waals surface area contributed by atoms with E-state index in [9.17, 15) is 9.59 Å². The van der Waals surface area contributed by atoms with E-state index >= 15 is 0 Å². The van der Waals surface area contributed by atoms with E-state index in [1.165, 1.54) is 5.56 Å². The van der Waals surface area contributed by atoms with Gasteiger partial charge in [-0.05, 0) is 55.0 Å². The predicted octanol–water partition coefficient (Wildman–Crippen LogP) is 5.18. The minimum atomic E-state index is -0.328. The van der Waals surface area contributed by atoms with Gasteiger partial charge in [0.05, 0.1) is 6.42 Å². The molecule has 0 aromatic heterocycles. The molecule has 0 aliphatic carbocycles. The minimum absolute atomic E-state index is 0.172. The van der Waals surface area contributed by atoms with Crippen molar-refractivity contribution in [1.29, 1.82) is 0 Å². The maximum absolute atomic E-state index is 12.7. The zero-order valence-corrected chi connectivity index (χ0v) is 19.3. The number of hydrogen-bond acceptors (Lipinski definition) is 3. The monoisotopic (exact) mass is 462 g/mol. The Hall–Kier alpha value is -3.51. The molecule has 1 aliphatic rings. The number of aryl methyl sites for hydroxylation is 1. The van der Waals surface area contributed by atoms with Gasteiger partial charge in [0.2, 0.25) is 5.91 Å². The molecule has 2 N–H and O–H groups in total. The quantitative estimate of drug-likeness (QED) is 0.548. The van der Waals surface area contributed by atoms with Crippen LogP contribution in [0.25, 0.3) is 0 Å². The molecule has 3 amide bonds. The second-order valence-corrected chi connectivity index (χ2v) is 8.61. The smallest absolute Gasteiger partial charge is 0.323 e. The van der Waals surface area contributed by atoms with E-state index in [1.807, 2.05) is 54.3 Å². The first-order chi connectivity index (χ1) is 16.0. The molecular weight excluding hydrogens is 436 g/mol. The summed E-state index contributed by atoms with van der Waals surface area (Å²) in [5, 5.41) is 6.15. The normalized spacial score (nSPS) is 13.5. The van der Waals surface area contributed by atoms with Gasteiger partial charge in [-0.25, -0.2) is 4.79 Å². The lowest BCUT2D eigenvalue weighted by Crippen LogP contribution is -2.49. The fourth-order valence-electron chi connectivity index (χ4n) is 3.94. The van der Waals surface area contributed by atoms with Crippen LogP contribution in [0.1, 0.15) is 11.1 Å². The number of halogens is 1. The Bertz CT molecular complexity index is 1130. The molecular formula is C26H27ClN4O2. The Morgan fingerprint density at radius 2 is 1.55 bits per heavy atom. The SMILES string of the molecule is Cc1cccc(CC(=O)N2CCN(c3ccc(NC(=O)Nc4cccc(Cl)c4)cc3)CC2)c1. The van der Waals surface area contributed by atoms with Gasteiger partial charge in [-0.1, -0.05) is 47.5 Å². The Morgan fingerprint density at radius 3 is 2.24 bits per heavy atom. The third-order valence-electron chi connectivity index (χ3n) is 5.64. The molecule has 1 fully saturated rings. The fraction of sp³-hybridized carbons (Fsp3) is 0.231. The number of carbonyl (C=O) groups is 2. The summed E-state index contributed by atoms with van der Waals surface area (Å²) in [6.45, 7) is 5.00. The molecule has 3 aromatic carbocycles. The fourth-order valence-corrected chi connectivity index (χ4v) is 4.13. The van der Waals surface area contributed by atoms with Crippen LogP contribution in [-0.2, 0) is 11.2 Å². The molecule has 0 bridgehead atoms. The Labute approximate surface area is 199 Å². The first-order valence-corrected chi connectivity index (χ1v) is 11.4. The van der Waals surface area contributed by atoms with E-state index in [0.29, 0.717) is 35.9 Å². The summed E-state index contributed by atoms with van der Waals surface area (Å²) in [6.07, 6.45) is 0.444. The number of anilines is 3. The van der Waals surface area contributed by atoms with E-state index in [-0.39, 0.29) is 11.9 Å². The second-order valence-electron chi connectivity index (χ2n) is 8.17. The Kier molecular flexibility index (Phi) is 7.15. The van der Waals surface area contributed by atoms with Gasteiger partial charge in [-0.15, -0.1) is 0 Å². The van der Waals surface area contributed by atoms with E-state index in [1.54, 1.807) is 24.3 Å². The van der Waals surface area contributed by atoms with Crippen LogP contribution >= 0.6 is 11.6 Å². The molecule has 1 saturated heterocycles. The van der Waals surface area contributed by atoms with Crippen molar-refractivity contribution in [2.45, 2.75) is 13.3 Å². The standard InChI is InChI=1S/C26H27ClN4O2/c1-19-4-2-5-20(16-19)17-25(32)31-14-12-30(13-15-31)24-10-8-22(9-11-24)28-26(33)29-23-7-3-6-21(27)18-23/h2-11,16,18H,12-15,17H2,1H3,(H2,28,29,33). The van der Waals surface area contributed by atoms with Gasteiger partial charge in [0.15, 0.2) is 0 Å². The summed E-state index contributed by atoms with van der Waals surface area (Å²) in [7, 11) is 0. The van der Waals surface area contributed by atoms with Gasteiger partial charge < -0.3 is 20.4 Å². The summed E-state index contributed by atoms with van der Waals surface area (Å²) in [5.41, 5.74) is 4.63. The number of urea groups is 1. The predicted molar refractivity (Wildman–Crippen MR) is 134 cm³/mol. The number of hydrogen-bond donors (Lipinski definition) is 2. The summed E-state index contributed by atoms with van der Waals surface area (Å²) in [6, 6.07) is 22.5. The van der Waals surface area contributed by atoms with Crippen LogP contribution < -0.4 is 15.5 Å². The lowest BCUT2D eigenvalue weighted by molar-refractivity contribution is -0.130. The molecule has 6 nitrogen and oxygen atoms in total. The highest BCUT2D eigenvalue weighted by atomic mass is 35.5. The highest BCUT2D eigenvalue weighted by Gasteiger charge is 2.21. The number of nitrogens with zero attached hydrogens (tertiary/aromatic N) is 2. The number of benzene rings is 3. The first-order valence-electron chi connectivity index (χ1n) is 11.0.